The van der Waals surface area contributed by atoms with Crippen LogP contribution in [-0.2, 0) is 4.74 Å². The molecule has 20 heavy (non-hydrogen) atoms. The highest BCUT2D eigenvalue weighted by Gasteiger charge is 2.22. The van der Waals surface area contributed by atoms with E-state index >= 15 is 0 Å². The first kappa shape index (κ1) is 13.0. The van der Waals surface area contributed by atoms with Crippen molar-refractivity contribution in [1.29, 1.82) is 0 Å². The van der Waals surface area contributed by atoms with Crippen LogP contribution in [0.3, 0.4) is 0 Å². The average Bonchev–Trinajstić information content (AvgIpc) is 2.90. The maximum atomic E-state index is 11.2. The molecular weight excluding hydrogens is 278 g/mol. The van der Waals surface area contributed by atoms with Crippen LogP contribution in [0.4, 0.5) is 11.4 Å². The molecule has 1 aliphatic heterocycles. The number of nitrogens with one attached hydrogen (secondary N) is 1. The third kappa shape index (κ3) is 2.37. The highest BCUT2D eigenvalue weighted by molar-refractivity contribution is 7.17. The fraction of sp³-hybridized carbons (Fsp3) is 0.231. The summed E-state index contributed by atoms with van der Waals surface area (Å²) in [6, 6.07) is 1.73. The Labute approximate surface area is 119 Å². The van der Waals surface area contributed by atoms with Crippen LogP contribution in [0.25, 0.3) is 10.2 Å². The predicted molar refractivity (Wildman–Crippen MR) is 77.9 cm³/mol. The highest BCUT2D eigenvalue weighted by Crippen LogP contribution is 2.35. The Morgan fingerprint density at radius 1 is 1.55 bits per heavy atom. The Bertz CT molecular complexity index is 683. The van der Waals surface area contributed by atoms with Crippen molar-refractivity contribution in [3.63, 3.8) is 0 Å². The lowest BCUT2D eigenvalue weighted by molar-refractivity contribution is -0.384. The van der Waals surface area contributed by atoms with E-state index in [0.717, 1.165) is 10.2 Å². The molecule has 2 atom stereocenters. The number of nitrogens with zero attached hydrogens (tertiary/aromatic N) is 2. The van der Waals surface area contributed by atoms with Crippen LogP contribution in [0.15, 0.2) is 29.8 Å². The van der Waals surface area contributed by atoms with E-state index in [0.29, 0.717) is 12.3 Å². The first-order valence-corrected chi connectivity index (χ1v) is 6.93. The van der Waals surface area contributed by atoms with Gasteiger partial charge in [0, 0.05) is 0 Å². The summed E-state index contributed by atoms with van der Waals surface area (Å²) < 4.78 is 6.20. The van der Waals surface area contributed by atoms with Gasteiger partial charge < -0.3 is 10.1 Å². The number of fused-ring (bicyclic) bond motifs is 1. The van der Waals surface area contributed by atoms with Crippen LogP contribution in [-0.4, -0.2) is 28.7 Å². The van der Waals surface area contributed by atoms with Crippen molar-refractivity contribution in [2.45, 2.75) is 12.1 Å². The molecule has 103 valence electrons. The predicted octanol–water partition coefficient (Wildman–Crippen LogP) is 2.77. The fourth-order valence-electron chi connectivity index (χ4n) is 2.05. The number of ether oxygens (including phenoxy) is 1. The van der Waals surface area contributed by atoms with Gasteiger partial charge in [0.1, 0.15) is 11.9 Å². The Kier molecular flexibility index (Phi) is 3.37. The molecule has 0 spiro atoms. The molecule has 1 N–H and O–H groups in total. The van der Waals surface area contributed by atoms with Crippen molar-refractivity contribution < 1.29 is 9.66 Å². The zero-order chi connectivity index (χ0) is 14.1. The molecule has 1 unspecified atom stereocenters. The van der Waals surface area contributed by atoms with Crippen LogP contribution in [0.2, 0.25) is 0 Å². The summed E-state index contributed by atoms with van der Waals surface area (Å²) in [5, 5.41) is 16.2. The molecule has 0 saturated carbocycles. The molecule has 0 bridgehead atoms. The Balaban J connectivity index is 2.00. The topological polar surface area (TPSA) is 77.3 Å². The van der Waals surface area contributed by atoms with Crippen molar-refractivity contribution in [2.75, 3.05) is 11.9 Å². The number of nitro groups is 1. The van der Waals surface area contributed by atoms with Crippen LogP contribution in [0.5, 0.6) is 0 Å². The average molecular weight is 290 g/mol. The molecule has 3 heterocycles. The molecule has 0 fully saturated rings. The van der Waals surface area contributed by atoms with E-state index in [-0.39, 0.29) is 17.8 Å². The molecule has 0 aromatic carbocycles. The number of hydrogen-bond acceptors (Lipinski definition) is 6. The third-order valence-corrected chi connectivity index (χ3v) is 3.95. The lowest BCUT2D eigenvalue weighted by atomic mass is 10.2. The molecule has 7 heteroatoms. The minimum atomic E-state index is -0.425. The summed E-state index contributed by atoms with van der Waals surface area (Å²) in [5.74, 6) is 0. The largest absolute Gasteiger partial charge is 0.372 e. The quantitative estimate of drug-likeness (QED) is 0.534. The minimum Gasteiger partial charge on any atom is -0.372 e. The normalized spacial score (nSPS) is 22.1. The van der Waals surface area contributed by atoms with Gasteiger partial charge in [-0.3, -0.25) is 10.1 Å². The van der Waals surface area contributed by atoms with E-state index in [1.54, 1.807) is 0 Å². The molecule has 0 aliphatic carbocycles. The monoisotopic (exact) mass is 290 g/mol. The van der Waals surface area contributed by atoms with Gasteiger partial charge in [0.15, 0.2) is 0 Å². The fourth-order valence-corrected chi connectivity index (χ4v) is 2.91. The number of anilines is 1. The van der Waals surface area contributed by atoms with Crippen LogP contribution < -0.4 is 5.32 Å². The lowest BCUT2D eigenvalue weighted by Crippen LogP contribution is -2.29. The second-order valence-corrected chi connectivity index (χ2v) is 5.33. The zero-order valence-electron chi connectivity index (χ0n) is 10.5. The van der Waals surface area contributed by atoms with Crippen molar-refractivity contribution in [1.82, 2.24) is 4.98 Å². The van der Waals surface area contributed by atoms with E-state index in [9.17, 15) is 10.1 Å². The number of thiophene rings is 1. The van der Waals surface area contributed by atoms with Gasteiger partial charge in [-0.15, -0.1) is 11.3 Å². The molecule has 1 aliphatic rings. The summed E-state index contributed by atoms with van der Waals surface area (Å²) in [6.45, 7) is 4.20. The van der Waals surface area contributed by atoms with Crippen molar-refractivity contribution in [3.05, 3.63) is 46.8 Å². The Morgan fingerprint density at radius 3 is 3.10 bits per heavy atom. The van der Waals surface area contributed by atoms with Gasteiger partial charge in [-0.1, -0.05) is 12.2 Å². The zero-order valence-corrected chi connectivity index (χ0v) is 11.3. The van der Waals surface area contributed by atoms with E-state index < -0.39 is 4.92 Å². The molecule has 2 aromatic rings. The SMILES string of the molecule is [CH2]C1C=C[C@H](Nc2c([N+](=O)[O-])cnc3ccsc23)CO1. The van der Waals surface area contributed by atoms with Gasteiger partial charge >= 0.3 is 5.69 Å². The smallest absolute Gasteiger partial charge is 0.311 e. The number of pyridine rings is 1. The van der Waals surface area contributed by atoms with Crippen LogP contribution in [0, 0.1) is 17.0 Å². The van der Waals surface area contributed by atoms with Crippen molar-refractivity contribution in [2.24, 2.45) is 0 Å². The van der Waals surface area contributed by atoms with E-state index in [4.69, 9.17) is 4.74 Å². The maximum absolute atomic E-state index is 11.2. The first-order chi connectivity index (χ1) is 9.65. The Morgan fingerprint density at radius 2 is 2.40 bits per heavy atom. The molecule has 2 aromatic heterocycles. The van der Waals surface area contributed by atoms with E-state index in [2.05, 4.69) is 17.2 Å². The van der Waals surface area contributed by atoms with Crippen LogP contribution >= 0.6 is 11.3 Å². The van der Waals surface area contributed by atoms with Gasteiger partial charge in [-0.05, 0) is 18.4 Å². The number of rotatable bonds is 3. The standard InChI is InChI=1S/C13H12N3O3S/c1-8-2-3-9(7-19-8)15-12-11(16(17)18)6-14-10-4-5-20-13(10)12/h2-6,8-9H,1,7H2,(H,14,15)/t8?,9-/m0/s1. The van der Waals surface area contributed by atoms with E-state index in [1.807, 2.05) is 23.6 Å². The number of hydrogen-bond donors (Lipinski definition) is 1. The Hall–Kier alpha value is -1.99. The number of aromatic nitrogens is 1. The minimum absolute atomic E-state index is 0.0231. The molecule has 0 saturated heterocycles. The molecule has 0 amide bonds. The van der Waals surface area contributed by atoms with Crippen LogP contribution in [0.1, 0.15) is 0 Å². The molecular formula is C13H12N3O3S. The first-order valence-electron chi connectivity index (χ1n) is 6.05. The molecule has 1 radical (unpaired) electrons. The summed E-state index contributed by atoms with van der Waals surface area (Å²) in [6.07, 6.45) is 4.88. The van der Waals surface area contributed by atoms with Gasteiger partial charge in [0.05, 0.1) is 33.9 Å². The van der Waals surface area contributed by atoms with Gasteiger partial charge in [-0.2, -0.15) is 0 Å². The third-order valence-electron chi connectivity index (χ3n) is 3.03. The maximum Gasteiger partial charge on any atom is 0.311 e. The van der Waals surface area contributed by atoms with Crippen molar-refractivity contribution >= 4 is 32.9 Å². The van der Waals surface area contributed by atoms with E-state index in [1.165, 1.54) is 17.5 Å². The van der Waals surface area contributed by atoms with Crippen molar-refractivity contribution in [3.8, 4) is 0 Å². The second kappa shape index (κ2) is 5.18. The lowest BCUT2D eigenvalue weighted by Gasteiger charge is -2.23. The summed E-state index contributed by atoms with van der Waals surface area (Å²) in [7, 11) is 0. The van der Waals surface area contributed by atoms with Gasteiger partial charge in [-0.25, -0.2) is 4.98 Å². The molecule has 6 nitrogen and oxygen atoms in total. The molecule has 3 rings (SSSR count). The van der Waals surface area contributed by atoms with Gasteiger partial charge in [0.25, 0.3) is 0 Å². The summed E-state index contributed by atoms with van der Waals surface area (Å²) in [5.41, 5.74) is 1.22. The highest BCUT2D eigenvalue weighted by atomic mass is 32.1. The van der Waals surface area contributed by atoms with Gasteiger partial charge in [0.2, 0.25) is 0 Å². The second-order valence-electron chi connectivity index (χ2n) is 4.42. The summed E-state index contributed by atoms with van der Waals surface area (Å²) >= 11 is 1.43. The summed E-state index contributed by atoms with van der Waals surface area (Å²) in [4.78, 5) is 14.8.